The topological polar surface area (TPSA) is 38.8 Å². The molecule has 4 rings (SSSR count). The van der Waals surface area contributed by atoms with Crippen molar-refractivity contribution in [1.29, 1.82) is 0 Å². The van der Waals surface area contributed by atoms with E-state index in [2.05, 4.69) is 12.1 Å². The average Bonchev–Trinajstić information content (AvgIpc) is 3.39. The molecule has 0 bridgehead atoms. The second-order valence-corrected chi connectivity index (χ2v) is 7.82. The van der Waals surface area contributed by atoms with E-state index in [0.717, 1.165) is 36.0 Å². The van der Waals surface area contributed by atoms with Crippen molar-refractivity contribution in [2.24, 2.45) is 0 Å². The van der Waals surface area contributed by atoms with Crippen LogP contribution in [0.5, 0.6) is 5.75 Å². The minimum absolute atomic E-state index is 0.00735. The van der Waals surface area contributed by atoms with Crippen molar-refractivity contribution in [2.45, 2.75) is 25.5 Å². The van der Waals surface area contributed by atoms with Crippen LogP contribution in [0.15, 0.2) is 60.0 Å². The van der Waals surface area contributed by atoms with E-state index < -0.39 is 0 Å². The molecule has 1 fully saturated rings. The zero-order chi connectivity index (χ0) is 18.5. The van der Waals surface area contributed by atoms with Gasteiger partial charge in [0.05, 0.1) is 12.6 Å². The first kappa shape index (κ1) is 18.0. The molecular formula is C22H23NO3S. The molecule has 1 aliphatic rings. The predicted molar refractivity (Wildman–Crippen MR) is 108 cm³/mol. The van der Waals surface area contributed by atoms with Gasteiger partial charge in [-0.2, -0.15) is 0 Å². The van der Waals surface area contributed by atoms with E-state index in [4.69, 9.17) is 9.47 Å². The zero-order valence-corrected chi connectivity index (χ0v) is 16.0. The van der Waals surface area contributed by atoms with Gasteiger partial charge in [0.2, 0.25) is 0 Å². The predicted octanol–water partition coefficient (Wildman–Crippen LogP) is 4.49. The van der Waals surface area contributed by atoms with Crippen molar-refractivity contribution in [3.63, 3.8) is 0 Å². The Hall–Kier alpha value is -2.37. The third-order valence-corrected chi connectivity index (χ3v) is 5.67. The number of hydrogen-bond donors (Lipinski definition) is 0. The molecular weight excluding hydrogens is 358 g/mol. The van der Waals surface area contributed by atoms with Gasteiger partial charge in [-0.25, -0.2) is 0 Å². The van der Waals surface area contributed by atoms with Crippen molar-refractivity contribution in [3.8, 4) is 5.75 Å². The van der Waals surface area contributed by atoms with Crippen LogP contribution in [0, 0.1) is 0 Å². The molecule has 140 valence electrons. The zero-order valence-electron chi connectivity index (χ0n) is 15.2. The molecule has 2 aromatic carbocycles. The summed E-state index contributed by atoms with van der Waals surface area (Å²) in [5, 5.41) is 4.31. The maximum Gasteiger partial charge on any atom is 0.260 e. The highest BCUT2D eigenvalue weighted by atomic mass is 32.1. The highest BCUT2D eigenvalue weighted by Crippen LogP contribution is 2.21. The number of fused-ring (bicyclic) bond motifs is 1. The van der Waals surface area contributed by atoms with Crippen LogP contribution in [0.4, 0.5) is 0 Å². The first-order chi connectivity index (χ1) is 13.3. The molecule has 0 radical (unpaired) electrons. The average molecular weight is 381 g/mol. The van der Waals surface area contributed by atoms with Gasteiger partial charge in [0, 0.05) is 18.0 Å². The number of thiophene rings is 1. The van der Waals surface area contributed by atoms with Crippen LogP contribution in [-0.4, -0.2) is 36.7 Å². The Balaban J connectivity index is 1.41. The van der Waals surface area contributed by atoms with E-state index in [9.17, 15) is 4.79 Å². The highest BCUT2D eigenvalue weighted by molar-refractivity contribution is 7.09. The molecule has 1 amide bonds. The Morgan fingerprint density at radius 2 is 2.04 bits per heavy atom. The molecule has 0 N–H and O–H groups in total. The molecule has 1 atom stereocenters. The maximum atomic E-state index is 12.8. The summed E-state index contributed by atoms with van der Waals surface area (Å²) < 4.78 is 11.5. The van der Waals surface area contributed by atoms with Crippen molar-refractivity contribution < 1.29 is 14.3 Å². The van der Waals surface area contributed by atoms with Gasteiger partial charge >= 0.3 is 0 Å². The van der Waals surface area contributed by atoms with E-state index in [-0.39, 0.29) is 18.6 Å². The van der Waals surface area contributed by atoms with Gasteiger partial charge in [0.15, 0.2) is 6.61 Å². The fraction of sp³-hybridized carbons (Fsp3) is 0.318. The normalized spacial score (nSPS) is 16.5. The van der Waals surface area contributed by atoms with Crippen LogP contribution >= 0.6 is 11.3 Å². The smallest absolute Gasteiger partial charge is 0.260 e. The summed E-state index contributed by atoms with van der Waals surface area (Å²) in [4.78, 5) is 15.9. The van der Waals surface area contributed by atoms with Crippen LogP contribution < -0.4 is 4.74 Å². The standard InChI is InChI=1S/C22H23NO3S/c24-22(16-26-19-10-9-17-5-1-2-6-18(17)13-19)23(14-20-7-3-11-25-20)15-21-8-4-12-27-21/h1-2,4-6,8-10,12-13,20H,3,7,11,14-16H2. The molecule has 0 saturated carbocycles. The first-order valence-electron chi connectivity index (χ1n) is 9.31. The van der Waals surface area contributed by atoms with Crippen LogP contribution in [0.1, 0.15) is 17.7 Å². The Bertz CT molecular complexity index is 887. The molecule has 1 aliphatic heterocycles. The number of carbonyl (C=O) groups is 1. The maximum absolute atomic E-state index is 12.8. The number of carbonyl (C=O) groups excluding carboxylic acids is 1. The van der Waals surface area contributed by atoms with Gasteiger partial charge in [0.25, 0.3) is 5.91 Å². The lowest BCUT2D eigenvalue weighted by Gasteiger charge is -2.25. The summed E-state index contributed by atoms with van der Waals surface area (Å²) >= 11 is 1.67. The van der Waals surface area contributed by atoms with Crippen molar-refractivity contribution in [3.05, 3.63) is 64.9 Å². The summed E-state index contributed by atoms with van der Waals surface area (Å²) in [5.41, 5.74) is 0. The van der Waals surface area contributed by atoms with E-state index in [0.29, 0.717) is 13.1 Å². The summed E-state index contributed by atoms with van der Waals surface area (Å²) in [6, 6.07) is 18.1. The van der Waals surface area contributed by atoms with E-state index >= 15 is 0 Å². The fourth-order valence-electron chi connectivity index (χ4n) is 3.37. The second kappa shape index (κ2) is 8.55. The minimum Gasteiger partial charge on any atom is -0.484 e. The quantitative estimate of drug-likeness (QED) is 0.605. The Kier molecular flexibility index (Phi) is 5.70. The summed E-state index contributed by atoms with van der Waals surface area (Å²) in [6.45, 7) is 2.06. The van der Waals surface area contributed by atoms with Crippen LogP contribution in [0.3, 0.4) is 0 Å². The van der Waals surface area contributed by atoms with Gasteiger partial charge in [-0.3, -0.25) is 4.79 Å². The molecule has 3 aromatic rings. The monoisotopic (exact) mass is 381 g/mol. The third-order valence-electron chi connectivity index (χ3n) is 4.81. The number of hydrogen-bond acceptors (Lipinski definition) is 4. The summed E-state index contributed by atoms with van der Waals surface area (Å²) in [5.74, 6) is 0.710. The Morgan fingerprint density at radius 1 is 1.15 bits per heavy atom. The summed E-state index contributed by atoms with van der Waals surface area (Å²) in [7, 11) is 0. The minimum atomic E-state index is -0.00735. The van der Waals surface area contributed by atoms with Crippen LogP contribution in [-0.2, 0) is 16.1 Å². The molecule has 1 saturated heterocycles. The SMILES string of the molecule is O=C(COc1ccc2ccccc2c1)N(Cc1cccs1)CC1CCCO1. The molecule has 4 nitrogen and oxygen atoms in total. The van der Waals surface area contributed by atoms with Crippen molar-refractivity contribution in [1.82, 2.24) is 4.90 Å². The number of ether oxygens (including phenoxy) is 2. The Labute approximate surface area is 163 Å². The number of benzene rings is 2. The van der Waals surface area contributed by atoms with Crippen LogP contribution in [0.2, 0.25) is 0 Å². The molecule has 5 heteroatoms. The van der Waals surface area contributed by atoms with E-state index in [1.807, 2.05) is 52.7 Å². The van der Waals surface area contributed by atoms with Crippen molar-refractivity contribution in [2.75, 3.05) is 19.8 Å². The van der Waals surface area contributed by atoms with E-state index in [1.54, 1.807) is 11.3 Å². The van der Waals surface area contributed by atoms with E-state index in [1.165, 1.54) is 4.88 Å². The second-order valence-electron chi connectivity index (χ2n) is 6.79. The molecule has 1 aromatic heterocycles. The number of nitrogens with zero attached hydrogens (tertiary/aromatic N) is 1. The largest absolute Gasteiger partial charge is 0.484 e. The third kappa shape index (κ3) is 4.67. The van der Waals surface area contributed by atoms with Gasteiger partial charge in [0.1, 0.15) is 5.75 Å². The molecule has 0 aliphatic carbocycles. The molecule has 2 heterocycles. The van der Waals surface area contributed by atoms with Gasteiger partial charge in [-0.15, -0.1) is 11.3 Å². The first-order valence-corrected chi connectivity index (χ1v) is 10.2. The fourth-order valence-corrected chi connectivity index (χ4v) is 4.09. The summed E-state index contributed by atoms with van der Waals surface area (Å²) in [6.07, 6.45) is 2.22. The number of rotatable bonds is 7. The Morgan fingerprint density at radius 3 is 2.81 bits per heavy atom. The molecule has 0 spiro atoms. The van der Waals surface area contributed by atoms with Gasteiger partial charge in [-0.1, -0.05) is 36.4 Å². The lowest BCUT2D eigenvalue weighted by atomic mass is 10.1. The lowest BCUT2D eigenvalue weighted by Crippen LogP contribution is -2.39. The molecule has 27 heavy (non-hydrogen) atoms. The molecule has 1 unspecified atom stereocenters. The lowest BCUT2D eigenvalue weighted by molar-refractivity contribution is -0.135. The van der Waals surface area contributed by atoms with Gasteiger partial charge < -0.3 is 14.4 Å². The number of amides is 1. The highest BCUT2D eigenvalue weighted by Gasteiger charge is 2.23. The van der Waals surface area contributed by atoms with Crippen molar-refractivity contribution >= 4 is 28.0 Å². The van der Waals surface area contributed by atoms with Crippen LogP contribution in [0.25, 0.3) is 10.8 Å². The van der Waals surface area contributed by atoms with Gasteiger partial charge in [-0.05, 0) is 47.2 Å².